The number of oxazole rings is 1. The van der Waals surface area contributed by atoms with Crippen molar-refractivity contribution in [2.24, 2.45) is 0 Å². The molecule has 1 aromatic heterocycles. The highest BCUT2D eigenvalue weighted by Gasteiger charge is 2.12. The first kappa shape index (κ1) is 14.6. The van der Waals surface area contributed by atoms with Crippen molar-refractivity contribution in [3.05, 3.63) is 53.1 Å². The third-order valence-corrected chi connectivity index (χ3v) is 3.41. The molecule has 1 heterocycles. The molecule has 0 aliphatic rings. The van der Waals surface area contributed by atoms with Crippen LogP contribution in [0, 0.1) is 0 Å². The summed E-state index contributed by atoms with van der Waals surface area (Å²) in [6.45, 7) is 3.84. The van der Waals surface area contributed by atoms with Crippen molar-refractivity contribution in [1.29, 1.82) is 0 Å². The molecule has 2 aromatic carbocycles. The summed E-state index contributed by atoms with van der Waals surface area (Å²) in [5.41, 5.74) is 2.71. The van der Waals surface area contributed by atoms with Gasteiger partial charge in [0.1, 0.15) is 5.52 Å². The fourth-order valence-corrected chi connectivity index (χ4v) is 2.26. The lowest BCUT2D eigenvalue weighted by molar-refractivity contribution is 0.0943. The van der Waals surface area contributed by atoms with Crippen LogP contribution in [0.2, 0.25) is 5.02 Å². The second-order valence-electron chi connectivity index (χ2n) is 5.34. The normalized spacial score (nSPS) is 11.1. The first-order valence-electron chi connectivity index (χ1n) is 7.00. The van der Waals surface area contributed by atoms with Gasteiger partial charge in [-0.15, -0.1) is 0 Å². The minimum absolute atomic E-state index is 0.0881. The average Bonchev–Trinajstić information content (AvgIpc) is 2.90. The minimum atomic E-state index is -0.118. The maximum absolute atomic E-state index is 12.0. The van der Waals surface area contributed by atoms with E-state index in [1.54, 1.807) is 30.3 Å². The lowest BCUT2D eigenvalue weighted by Crippen LogP contribution is -2.29. The second-order valence-corrected chi connectivity index (χ2v) is 5.77. The highest BCUT2D eigenvalue weighted by Crippen LogP contribution is 2.26. The van der Waals surface area contributed by atoms with Gasteiger partial charge in [0.25, 0.3) is 5.91 Å². The van der Waals surface area contributed by atoms with E-state index < -0.39 is 0 Å². The number of carbonyl (C=O) groups excluding carboxylic acids is 1. The Labute approximate surface area is 133 Å². The molecular weight excluding hydrogens is 300 g/mol. The summed E-state index contributed by atoms with van der Waals surface area (Å²) in [6, 6.07) is 12.6. The Morgan fingerprint density at radius 3 is 2.59 bits per heavy atom. The third kappa shape index (κ3) is 2.97. The summed E-state index contributed by atoms with van der Waals surface area (Å²) in [7, 11) is 0. The molecule has 112 valence electrons. The Hall–Kier alpha value is -2.33. The molecular formula is C17H15ClN2O2. The van der Waals surface area contributed by atoms with E-state index in [2.05, 4.69) is 10.3 Å². The molecule has 0 saturated carbocycles. The molecule has 0 spiro atoms. The molecule has 0 saturated heterocycles. The Morgan fingerprint density at radius 1 is 1.18 bits per heavy atom. The van der Waals surface area contributed by atoms with E-state index in [0.717, 1.165) is 5.56 Å². The number of aromatic nitrogens is 1. The predicted molar refractivity (Wildman–Crippen MR) is 87.1 cm³/mol. The van der Waals surface area contributed by atoms with Crippen LogP contribution in [0.25, 0.3) is 22.6 Å². The molecule has 22 heavy (non-hydrogen) atoms. The van der Waals surface area contributed by atoms with Gasteiger partial charge in [-0.3, -0.25) is 4.79 Å². The van der Waals surface area contributed by atoms with E-state index in [1.165, 1.54) is 0 Å². The van der Waals surface area contributed by atoms with Crippen molar-refractivity contribution in [2.45, 2.75) is 19.9 Å². The van der Waals surface area contributed by atoms with Gasteiger partial charge in [0.05, 0.1) is 0 Å². The summed E-state index contributed by atoms with van der Waals surface area (Å²) in [5.74, 6) is 0.390. The second kappa shape index (κ2) is 5.81. The van der Waals surface area contributed by atoms with Gasteiger partial charge in [0.2, 0.25) is 5.89 Å². The number of benzene rings is 2. The third-order valence-electron chi connectivity index (χ3n) is 3.16. The van der Waals surface area contributed by atoms with E-state index in [-0.39, 0.29) is 11.9 Å². The van der Waals surface area contributed by atoms with Crippen molar-refractivity contribution in [1.82, 2.24) is 10.3 Å². The fourth-order valence-electron chi connectivity index (χ4n) is 2.13. The van der Waals surface area contributed by atoms with Crippen LogP contribution in [0.4, 0.5) is 0 Å². The number of nitrogens with one attached hydrogen (secondary N) is 1. The van der Waals surface area contributed by atoms with Crippen LogP contribution in [-0.4, -0.2) is 16.9 Å². The number of fused-ring (bicyclic) bond motifs is 1. The largest absolute Gasteiger partial charge is 0.436 e. The summed E-state index contributed by atoms with van der Waals surface area (Å²) < 4.78 is 5.72. The van der Waals surface area contributed by atoms with Gasteiger partial charge < -0.3 is 9.73 Å². The molecule has 0 atom stereocenters. The van der Waals surface area contributed by atoms with Gasteiger partial charge in [-0.1, -0.05) is 11.6 Å². The summed E-state index contributed by atoms with van der Waals surface area (Å²) in [5, 5.41) is 3.52. The van der Waals surface area contributed by atoms with E-state index in [9.17, 15) is 4.79 Å². The summed E-state index contributed by atoms with van der Waals surface area (Å²) in [4.78, 5) is 16.5. The van der Waals surface area contributed by atoms with E-state index in [0.29, 0.717) is 27.6 Å². The molecule has 0 unspecified atom stereocenters. The molecule has 1 N–H and O–H groups in total. The molecule has 3 rings (SSSR count). The number of halogens is 1. The highest BCUT2D eigenvalue weighted by atomic mass is 35.5. The van der Waals surface area contributed by atoms with Crippen molar-refractivity contribution in [2.75, 3.05) is 0 Å². The first-order valence-corrected chi connectivity index (χ1v) is 7.38. The van der Waals surface area contributed by atoms with Crippen LogP contribution in [0.15, 0.2) is 46.9 Å². The number of nitrogens with zero attached hydrogens (tertiary/aromatic N) is 1. The molecule has 4 nitrogen and oxygen atoms in total. The van der Waals surface area contributed by atoms with Crippen LogP contribution in [-0.2, 0) is 0 Å². The van der Waals surface area contributed by atoms with Gasteiger partial charge in [-0.05, 0) is 56.3 Å². The van der Waals surface area contributed by atoms with Crippen molar-refractivity contribution >= 4 is 28.6 Å². The Kier molecular flexibility index (Phi) is 3.86. The predicted octanol–water partition coefficient (Wildman–Crippen LogP) is 4.29. The van der Waals surface area contributed by atoms with E-state index in [4.69, 9.17) is 16.0 Å². The molecule has 1 amide bonds. The molecule has 0 bridgehead atoms. The topological polar surface area (TPSA) is 55.1 Å². The number of hydrogen-bond donors (Lipinski definition) is 1. The Balaban J connectivity index is 1.96. The van der Waals surface area contributed by atoms with Crippen LogP contribution >= 0.6 is 11.6 Å². The highest BCUT2D eigenvalue weighted by molar-refractivity contribution is 6.30. The van der Waals surface area contributed by atoms with Crippen molar-refractivity contribution < 1.29 is 9.21 Å². The van der Waals surface area contributed by atoms with Gasteiger partial charge in [-0.25, -0.2) is 4.98 Å². The van der Waals surface area contributed by atoms with E-state index >= 15 is 0 Å². The lowest BCUT2D eigenvalue weighted by Gasteiger charge is -2.07. The maximum Gasteiger partial charge on any atom is 0.251 e. The zero-order chi connectivity index (χ0) is 15.7. The molecule has 0 radical (unpaired) electrons. The molecule has 0 aliphatic carbocycles. The lowest BCUT2D eigenvalue weighted by atomic mass is 10.2. The zero-order valence-electron chi connectivity index (χ0n) is 12.3. The van der Waals surface area contributed by atoms with Crippen LogP contribution < -0.4 is 5.32 Å². The minimum Gasteiger partial charge on any atom is -0.436 e. The quantitative estimate of drug-likeness (QED) is 0.784. The molecule has 0 aliphatic heterocycles. The Morgan fingerprint density at radius 2 is 1.91 bits per heavy atom. The van der Waals surface area contributed by atoms with Crippen LogP contribution in [0.3, 0.4) is 0 Å². The molecule has 5 heteroatoms. The van der Waals surface area contributed by atoms with Crippen molar-refractivity contribution in [3.8, 4) is 11.5 Å². The average molecular weight is 315 g/mol. The smallest absolute Gasteiger partial charge is 0.251 e. The number of amides is 1. The monoisotopic (exact) mass is 314 g/mol. The summed E-state index contributed by atoms with van der Waals surface area (Å²) >= 11 is 5.88. The molecule has 3 aromatic rings. The summed E-state index contributed by atoms with van der Waals surface area (Å²) in [6.07, 6.45) is 0. The van der Waals surface area contributed by atoms with Gasteiger partial charge in [0, 0.05) is 22.2 Å². The van der Waals surface area contributed by atoms with E-state index in [1.807, 2.05) is 26.0 Å². The van der Waals surface area contributed by atoms with Crippen LogP contribution in [0.1, 0.15) is 24.2 Å². The van der Waals surface area contributed by atoms with Gasteiger partial charge >= 0.3 is 0 Å². The van der Waals surface area contributed by atoms with Gasteiger partial charge in [-0.2, -0.15) is 0 Å². The number of carbonyl (C=O) groups is 1. The van der Waals surface area contributed by atoms with Crippen LogP contribution in [0.5, 0.6) is 0 Å². The fraction of sp³-hybridized carbons (Fsp3) is 0.176. The first-order chi connectivity index (χ1) is 10.5. The number of rotatable bonds is 3. The number of hydrogen-bond acceptors (Lipinski definition) is 3. The maximum atomic E-state index is 12.0. The Bertz CT molecular complexity index is 822. The van der Waals surface area contributed by atoms with Gasteiger partial charge in [0.15, 0.2) is 5.58 Å². The zero-order valence-corrected chi connectivity index (χ0v) is 13.0. The van der Waals surface area contributed by atoms with Crippen molar-refractivity contribution in [3.63, 3.8) is 0 Å². The standard InChI is InChI=1S/C17H15ClN2O2/c1-10(2)19-16(21)12-5-8-15-14(9-12)20-17(22-15)11-3-6-13(18)7-4-11/h3-10H,1-2H3,(H,19,21). The SMILES string of the molecule is CC(C)NC(=O)c1ccc2oc(-c3ccc(Cl)cc3)nc2c1. The molecule has 0 fully saturated rings.